The van der Waals surface area contributed by atoms with Crippen LogP contribution >= 0.6 is 0 Å². The van der Waals surface area contributed by atoms with Gasteiger partial charge in [0, 0.05) is 11.6 Å². The third kappa shape index (κ3) is 6.59. The van der Waals surface area contributed by atoms with E-state index < -0.39 is 45.5 Å². The fraction of sp³-hybridized carbons (Fsp3) is 0.333. The van der Waals surface area contributed by atoms with Gasteiger partial charge in [0.15, 0.2) is 0 Å². The largest absolute Gasteiger partial charge is 0.463 e. The van der Waals surface area contributed by atoms with E-state index in [-0.39, 0.29) is 28.3 Å². The lowest BCUT2D eigenvalue weighted by molar-refractivity contribution is -0.385. The predicted molar refractivity (Wildman–Crippen MR) is 114 cm³/mol. The molecule has 2 rings (SSSR count). The summed E-state index contributed by atoms with van der Waals surface area (Å²) in [5.41, 5.74) is -0.151. The van der Waals surface area contributed by atoms with Crippen molar-refractivity contribution < 1.29 is 32.4 Å². The van der Waals surface area contributed by atoms with Gasteiger partial charge in [-0.1, -0.05) is 18.2 Å². The zero-order valence-electron chi connectivity index (χ0n) is 17.8. The Hall–Kier alpha value is -3.31. The van der Waals surface area contributed by atoms with Crippen molar-refractivity contribution in [2.45, 2.75) is 44.2 Å². The van der Waals surface area contributed by atoms with Crippen molar-refractivity contribution in [1.29, 1.82) is 0 Å². The van der Waals surface area contributed by atoms with Crippen LogP contribution in [0.2, 0.25) is 0 Å². The second-order valence-corrected chi connectivity index (χ2v) is 8.69. The molecule has 172 valence electrons. The van der Waals surface area contributed by atoms with Crippen molar-refractivity contribution in [2.24, 2.45) is 0 Å². The number of nitro benzene ring substituents is 1. The lowest BCUT2D eigenvalue weighted by Gasteiger charge is -2.19. The van der Waals surface area contributed by atoms with Gasteiger partial charge in [-0.2, -0.15) is 0 Å². The lowest BCUT2D eigenvalue weighted by atomic mass is 10.0. The summed E-state index contributed by atoms with van der Waals surface area (Å²) in [5.74, 6) is -1.32. The summed E-state index contributed by atoms with van der Waals surface area (Å²) in [6.45, 7) is 5.08. The Balaban J connectivity index is 2.39. The van der Waals surface area contributed by atoms with Crippen molar-refractivity contribution >= 4 is 27.6 Å². The van der Waals surface area contributed by atoms with Gasteiger partial charge in [0.2, 0.25) is 10.0 Å². The Morgan fingerprint density at radius 1 is 1.09 bits per heavy atom. The molecular formula is C21H24N2O8S. The van der Waals surface area contributed by atoms with Gasteiger partial charge in [-0.15, -0.1) is 0 Å². The van der Waals surface area contributed by atoms with E-state index in [2.05, 4.69) is 4.72 Å². The zero-order valence-corrected chi connectivity index (χ0v) is 18.6. The fourth-order valence-corrected chi connectivity index (χ4v) is 4.10. The summed E-state index contributed by atoms with van der Waals surface area (Å²) < 4.78 is 38.2. The number of nitro groups is 1. The number of nitrogens with one attached hydrogen (secondary N) is 1. The van der Waals surface area contributed by atoms with Crippen LogP contribution in [0.3, 0.4) is 0 Å². The highest BCUT2D eigenvalue weighted by Crippen LogP contribution is 2.29. The van der Waals surface area contributed by atoms with Gasteiger partial charge in [0.05, 0.1) is 40.6 Å². The number of hydrogen-bond acceptors (Lipinski definition) is 8. The molecule has 0 aliphatic carbocycles. The Morgan fingerprint density at radius 2 is 1.72 bits per heavy atom. The summed E-state index contributed by atoms with van der Waals surface area (Å²) in [4.78, 5) is 34.6. The molecule has 11 heteroatoms. The first kappa shape index (κ1) is 25.0. The number of para-hydroxylation sites is 1. The molecule has 0 spiro atoms. The van der Waals surface area contributed by atoms with Gasteiger partial charge in [0.25, 0.3) is 5.69 Å². The van der Waals surface area contributed by atoms with Crippen LogP contribution in [0.15, 0.2) is 53.4 Å². The van der Waals surface area contributed by atoms with Crippen LogP contribution in [0.4, 0.5) is 5.69 Å². The first-order chi connectivity index (χ1) is 15.0. The molecule has 10 nitrogen and oxygen atoms in total. The van der Waals surface area contributed by atoms with Gasteiger partial charge < -0.3 is 9.47 Å². The normalized spacial score (nSPS) is 12.2. The van der Waals surface area contributed by atoms with Crippen LogP contribution in [-0.2, 0) is 24.3 Å². The Labute approximate surface area is 185 Å². The van der Waals surface area contributed by atoms with Crippen molar-refractivity contribution in [3.63, 3.8) is 0 Å². The van der Waals surface area contributed by atoms with E-state index >= 15 is 0 Å². The summed E-state index contributed by atoms with van der Waals surface area (Å²) in [6, 6.07) is 9.28. The average molecular weight is 464 g/mol. The molecule has 32 heavy (non-hydrogen) atoms. The highest BCUT2D eigenvalue weighted by Gasteiger charge is 2.29. The first-order valence-electron chi connectivity index (χ1n) is 9.77. The molecular weight excluding hydrogens is 440 g/mol. The number of nitrogens with zero attached hydrogens (tertiary/aromatic N) is 1. The van der Waals surface area contributed by atoms with Crippen LogP contribution in [0.5, 0.6) is 0 Å². The molecule has 0 saturated heterocycles. The van der Waals surface area contributed by atoms with Crippen LogP contribution < -0.4 is 4.72 Å². The summed E-state index contributed by atoms with van der Waals surface area (Å²) in [5, 5.41) is 11.4. The molecule has 0 aromatic heterocycles. The average Bonchev–Trinajstić information content (AvgIpc) is 2.72. The number of benzene rings is 2. The quantitative estimate of drug-likeness (QED) is 0.321. The van der Waals surface area contributed by atoms with E-state index in [0.717, 1.165) is 0 Å². The van der Waals surface area contributed by atoms with E-state index in [4.69, 9.17) is 9.47 Å². The second-order valence-electron chi connectivity index (χ2n) is 6.98. The van der Waals surface area contributed by atoms with Crippen LogP contribution in [-0.4, -0.2) is 38.0 Å². The third-order valence-electron chi connectivity index (χ3n) is 4.22. The first-order valence-corrected chi connectivity index (χ1v) is 11.3. The topological polar surface area (TPSA) is 142 Å². The number of rotatable bonds is 10. The molecule has 0 aliphatic heterocycles. The maximum absolute atomic E-state index is 13.0. The van der Waals surface area contributed by atoms with Crippen LogP contribution in [0.25, 0.3) is 0 Å². The third-order valence-corrected chi connectivity index (χ3v) is 5.71. The fourth-order valence-electron chi connectivity index (χ4n) is 2.88. The van der Waals surface area contributed by atoms with E-state index in [9.17, 15) is 28.1 Å². The number of hydrogen-bond donors (Lipinski definition) is 1. The molecule has 1 unspecified atom stereocenters. The van der Waals surface area contributed by atoms with E-state index in [1.54, 1.807) is 20.8 Å². The number of carbonyl (C=O) groups excluding carboxylic acids is 2. The van der Waals surface area contributed by atoms with Crippen LogP contribution in [0, 0.1) is 10.1 Å². The number of sulfonamides is 1. The minimum atomic E-state index is -4.21. The van der Waals surface area contributed by atoms with E-state index in [1.165, 1.54) is 48.5 Å². The summed E-state index contributed by atoms with van der Waals surface area (Å²) >= 11 is 0. The molecule has 2 aromatic rings. The molecule has 2 aromatic carbocycles. The molecule has 0 bridgehead atoms. The Bertz CT molecular complexity index is 1080. The van der Waals surface area contributed by atoms with Crippen molar-refractivity contribution in [1.82, 2.24) is 4.72 Å². The predicted octanol–water partition coefficient (Wildman–Crippen LogP) is 3.13. The van der Waals surface area contributed by atoms with Crippen molar-refractivity contribution in [2.75, 3.05) is 6.61 Å². The highest BCUT2D eigenvalue weighted by molar-refractivity contribution is 7.89. The zero-order chi connectivity index (χ0) is 23.9. The van der Waals surface area contributed by atoms with Crippen molar-refractivity contribution in [3.8, 4) is 0 Å². The van der Waals surface area contributed by atoms with E-state index in [0.29, 0.717) is 0 Å². The monoisotopic (exact) mass is 464 g/mol. The molecule has 0 amide bonds. The second kappa shape index (κ2) is 10.8. The highest BCUT2D eigenvalue weighted by atomic mass is 32.2. The lowest BCUT2D eigenvalue weighted by Crippen LogP contribution is -2.31. The molecule has 1 N–H and O–H groups in total. The number of ether oxygens (including phenoxy) is 2. The molecule has 0 heterocycles. The maximum Gasteiger partial charge on any atom is 0.338 e. The van der Waals surface area contributed by atoms with Gasteiger partial charge in [-0.3, -0.25) is 14.9 Å². The van der Waals surface area contributed by atoms with Gasteiger partial charge in [0.1, 0.15) is 0 Å². The Kier molecular flexibility index (Phi) is 8.44. The van der Waals surface area contributed by atoms with Gasteiger partial charge in [-0.25, -0.2) is 17.9 Å². The number of esters is 2. The number of carbonyl (C=O) groups is 2. The smallest absolute Gasteiger partial charge is 0.338 e. The maximum atomic E-state index is 13.0. The molecule has 0 fully saturated rings. The van der Waals surface area contributed by atoms with Crippen molar-refractivity contribution in [3.05, 3.63) is 69.8 Å². The standard InChI is InChI=1S/C21H24N2O8S/c1-4-30-21(25)15-9-11-16(12-10-15)32(28,29)22-18(13-20(24)31-14(2)3)17-7-5-6-8-19(17)23(26)27/h5-12,14,18,22H,4,13H2,1-3H3. The summed E-state index contributed by atoms with van der Waals surface area (Å²) in [7, 11) is -4.21. The minimum Gasteiger partial charge on any atom is -0.463 e. The molecule has 0 radical (unpaired) electrons. The SMILES string of the molecule is CCOC(=O)c1ccc(S(=O)(=O)NC(CC(=O)OC(C)C)c2ccccc2[N+](=O)[O-])cc1. The van der Waals surface area contributed by atoms with Crippen LogP contribution in [0.1, 0.15) is 49.2 Å². The molecule has 0 saturated carbocycles. The summed E-state index contributed by atoms with van der Waals surface area (Å²) in [6.07, 6.45) is -0.899. The van der Waals surface area contributed by atoms with Gasteiger partial charge >= 0.3 is 11.9 Å². The Morgan fingerprint density at radius 3 is 2.28 bits per heavy atom. The molecule has 1 atom stereocenters. The van der Waals surface area contributed by atoms with E-state index in [1.807, 2.05) is 0 Å². The molecule has 0 aliphatic rings. The minimum absolute atomic E-state index is 0.0184. The van der Waals surface area contributed by atoms with Gasteiger partial charge in [-0.05, 0) is 45.0 Å².